The summed E-state index contributed by atoms with van der Waals surface area (Å²) in [5.74, 6) is -1.58. The standard InChI is InChI=1S/C34H36O6/c1-19-16-24-26-25(32(26,4)5)17-21(3)33(27(24)35)18-20(2)29(40-31(37)23-14-10-7-11-15-23)34(33,38)28(19)39-30(36)22-12-8-6-9-13-22/h6-16,18,21,24-26,28-29,38H,17H2,1-5H3. The summed E-state index contributed by atoms with van der Waals surface area (Å²) in [6, 6.07) is 17.2. The molecule has 2 bridgehead atoms. The number of hydrogen-bond acceptors (Lipinski definition) is 6. The second kappa shape index (κ2) is 9.00. The highest BCUT2D eigenvalue weighted by Crippen LogP contribution is 2.72. The lowest BCUT2D eigenvalue weighted by Gasteiger charge is -2.49. The molecule has 6 rings (SSSR count). The van der Waals surface area contributed by atoms with Crippen LogP contribution in [0.3, 0.4) is 0 Å². The van der Waals surface area contributed by atoms with E-state index in [-0.39, 0.29) is 23.0 Å². The number of carbonyl (C=O) groups excluding carboxylic acids is 3. The SMILES string of the molecule is CC1=CC2C(=O)C3(C=C(C)C(OC(=O)c4ccccc4)C3(O)C1OC(=O)c1ccccc1)C(C)CC1C2C1(C)C. The number of hydrogen-bond donors (Lipinski definition) is 1. The van der Waals surface area contributed by atoms with Crippen molar-refractivity contribution in [2.24, 2.45) is 34.5 Å². The van der Waals surface area contributed by atoms with Crippen LogP contribution in [0.1, 0.15) is 61.8 Å². The van der Waals surface area contributed by atoms with E-state index in [2.05, 4.69) is 13.8 Å². The summed E-state index contributed by atoms with van der Waals surface area (Å²) < 4.78 is 12.2. The Hall–Kier alpha value is -3.51. The molecule has 208 valence electrons. The molecule has 4 aliphatic carbocycles. The highest BCUT2D eigenvalue weighted by atomic mass is 16.6. The van der Waals surface area contributed by atoms with E-state index in [1.54, 1.807) is 74.5 Å². The molecule has 6 heteroatoms. The fourth-order valence-electron chi connectivity index (χ4n) is 8.23. The van der Waals surface area contributed by atoms with E-state index in [0.29, 0.717) is 28.2 Å². The quantitative estimate of drug-likeness (QED) is 0.403. The summed E-state index contributed by atoms with van der Waals surface area (Å²) >= 11 is 0. The monoisotopic (exact) mass is 540 g/mol. The van der Waals surface area contributed by atoms with Crippen molar-refractivity contribution in [3.8, 4) is 0 Å². The van der Waals surface area contributed by atoms with Crippen LogP contribution in [0.5, 0.6) is 0 Å². The maximum absolute atomic E-state index is 14.8. The third kappa shape index (κ3) is 3.54. The number of allylic oxidation sites excluding steroid dienone is 1. The molecule has 4 aliphatic rings. The van der Waals surface area contributed by atoms with Crippen LogP contribution in [0.4, 0.5) is 0 Å². The van der Waals surface area contributed by atoms with Gasteiger partial charge in [-0.25, -0.2) is 9.59 Å². The fourth-order valence-corrected chi connectivity index (χ4v) is 8.23. The first-order valence-corrected chi connectivity index (χ1v) is 14.1. The Morgan fingerprint density at radius 2 is 1.35 bits per heavy atom. The van der Waals surface area contributed by atoms with Crippen molar-refractivity contribution in [2.75, 3.05) is 0 Å². The third-order valence-corrected chi connectivity index (χ3v) is 10.3. The van der Waals surface area contributed by atoms with Gasteiger partial charge < -0.3 is 14.6 Å². The molecule has 2 fully saturated rings. The van der Waals surface area contributed by atoms with Gasteiger partial charge in [-0.15, -0.1) is 0 Å². The van der Waals surface area contributed by atoms with Gasteiger partial charge in [-0.05, 0) is 78.8 Å². The van der Waals surface area contributed by atoms with Gasteiger partial charge in [0.05, 0.1) is 16.5 Å². The van der Waals surface area contributed by atoms with Gasteiger partial charge in [0, 0.05) is 5.92 Å². The summed E-state index contributed by atoms with van der Waals surface area (Å²) in [6.45, 7) is 9.99. The first-order valence-electron chi connectivity index (χ1n) is 14.1. The highest BCUT2D eigenvalue weighted by molar-refractivity contribution is 5.96. The number of esters is 2. The molecule has 2 saturated carbocycles. The van der Waals surface area contributed by atoms with Crippen LogP contribution in [0, 0.1) is 34.5 Å². The molecular formula is C34H36O6. The zero-order valence-electron chi connectivity index (χ0n) is 23.6. The molecule has 2 aromatic carbocycles. The minimum atomic E-state index is -2.03. The number of benzene rings is 2. The molecule has 0 aliphatic heterocycles. The fraction of sp³-hybridized carbons (Fsp3) is 0.441. The third-order valence-electron chi connectivity index (χ3n) is 10.3. The Bertz CT molecular complexity index is 1440. The summed E-state index contributed by atoms with van der Waals surface area (Å²) in [4.78, 5) is 41.6. The van der Waals surface area contributed by atoms with Crippen molar-refractivity contribution in [2.45, 2.75) is 58.8 Å². The molecule has 2 aromatic rings. The van der Waals surface area contributed by atoms with Gasteiger partial charge in [-0.3, -0.25) is 4.79 Å². The molecule has 6 nitrogen and oxygen atoms in total. The zero-order chi connectivity index (χ0) is 28.6. The number of carbonyl (C=O) groups is 3. The largest absolute Gasteiger partial charge is 0.451 e. The van der Waals surface area contributed by atoms with Crippen molar-refractivity contribution < 1.29 is 29.0 Å². The summed E-state index contributed by atoms with van der Waals surface area (Å²) in [7, 11) is 0. The van der Waals surface area contributed by atoms with Crippen molar-refractivity contribution in [3.05, 3.63) is 95.1 Å². The molecular weight excluding hydrogens is 504 g/mol. The van der Waals surface area contributed by atoms with E-state index in [1.807, 2.05) is 19.1 Å². The number of rotatable bonds is 4. The summed E-state index contributed by atoms with van der Waals surface area (Å²) in [5, 5.41) is 13.1. The Labute approximate surface area is 235 Å². The van der Waals surface area contributed by atoms with Crippen LogP contribution in [-0.2, 0) is 14.3 Å². The van der Waals surface area contributed by atoms with E-state index in [9.17, 15) is 19.5 Å². The normalized spacial score (nSPS) is 37.1. The Balaban J connectivity index is 1.51. The molecule has 8 atom stereocenters. The average Bonchev–Trinajstić information content (AvgIpc) is 3.43. The molecule has 0 saturated heterocycles. The van der Waals surface area contributed by atoms with E-state index < -0.39 is 41.1 Å². The second-order valence-electron chi connectivity index (χ2n) is 12.8. The van der Waals surface area contributed by atoms with E-state index >= 15 is 0 Å². The van der Waals surface area contributed by atoms with Crippen LogP contribution >= 0.6 is 0 Å². The topological polar surface area (TPSA) is 89.9 Å². The molecule has 0 heterocycles. The summed E-state index contributed by atoms with van der Waals surface area (Å²) in [6.07, 6.45) is 2.07. The first-order chi connectivity index (χ1) is 18.9. The maximum atomic E-state index is 14.8. The number of fused-ring (bicyclic) bond motifs is 3. The van der Waals surface area contributed by atoms with E-state index in [4.69, 9.17) is 9.47 Å². The van der Waals surface area contributed by atoms with Gasteiger partial charge in [0.25, 0.3) is 0 Å². The Morgan fingerprint density at radius 1 is 0.850 bits per heavy atom. The number of aliphatic hydroxyl groups is 1. The average molecular weight is 541 g/mol. The zero-order valence-corrected chi connectivity index (χ0v) is 23.6. The lowest BCUT2D eigenvalue weighted by molar-refractivity contribution is -0.190. The van der Waals surface area contributed by atoms with Gasteiger partial charge in [-0.1, -0.05) is 69.3 Å². The first kappa shape index (κ1) is 26.7. The number of ether oxygens (including phenoxy) is 2. The van der Waals surface area contributed by atoms with Crippen LogP contribution < -0.4 is 0 Å². The second-order valence-corrected chi connectivity index (χ2v) is 12.8. The minimum absolute atomic E-state index is 0.0117. The molecule has 0 amide bonds. The van der Waals surface area contributed by atoms with Crippen molar-refractivity contribution >= 4 is 17.7 Å². The van der Waals surface area contributed by atoms with Gasteiger partial charge in [0.15, 0.2) is 23.6 Å². The summed E-state index contributed by atoms with van der Waals surface area (Å²) in [5.41, 5.74) is -1.60. The van der Waals surface area contributed by atoms with Gasteiger partial charge in [0.2, 0.25) is 0 Å². The smallest absolute Gasteiger partial charge is 0.338 e. The lowest BCUT2D eigenvalue weighted by atomic mass is 9.59. The van der Waals surface area contributed by atoms with Gasteiger partial charge in [-0.2, -0.15) is 0 Å². The van der Waals surface area contributed by atoms with Crippen LogP contribution in [0.2, 0.25) is 0 Å². The molecule has 1 N–H and O–H groups in total. The van der Waals surface area contributed by atoms with Gasteiger partial charge >= 0.3 is 11.9 Å². The Morgan fingerprint density at radius 3 is 1.88 bits per heavy atom. The lowest BCUT2D eigenvalue weighted by Crippen LogP contribution is -2.66. The highest BCUT2D eigenvalue weighted by Gasteiger charge is 2.77. The van der Waals surface area contributed by atoms with Crippen molar-refractivity contribution in [1.29, 1.82) is 0 Å². The predicted molar refractivity (Wildman–Crippen MR) is 149 cm³/mol. The Kier molecular flexibility index (Phi) is 6.01. The van der Waals surface area contributed by atoms with Crippen LogP contribution in [0.25, 0.3) is 0 Å². The molecule has 8 unspecified atom stereocenters. The molecule has 1 spiro atoms. The van der Waals surface area contributed by atoms with E-state index in [1.165, 1.54) is 0 Å². The predicted octanol–water partition coefficient (Wildman–Crippen LogP) is 5.57. The van der Waals surface area contributed by atoms with Crippen molar-refractivity contribution in [1.82, 2.24) is 0 Å². The van der Waals surface area contributed by atoms with Crippen LogP contribution in [0.15, 0.2) is 84.0 Å². The van der Waals surface area contributed by atoms with Crippen molar-refractivity contribution in [3.63, 3.8) is 0 Å². The number of ketones is 1. The molecule has 0 aromatic heterocycles. The maximum Gasteiger partial charge on any atom is 0.338 e. The molecule has 0 radical (unpaired) electrons. The number of Topliss-reactive ketones (excluding diaryl/α,β-unsaturated/α-hetero) is 1. The molecule has 40 heavy (non-hydrogen) atoms. The minimum Gasteiger partial charge on any atom is -0.451 e. The van der Waals surface area contributed by atoms with Gasteiger partial charge in [0.1, 0.15) is 0 Å². The van der Waals surface area contributed by atoms with E-state index in [0.717, 1.165) is 6.42 Å². The van der Waals surface area contributed by atoms with Crippen LogP contribution in [-0.4, -0.2) is 40.6 Å².